The fourth-order valence-corrected chi connectivity index (χ4v) is 2.77. The van der Waals surface area contributed by atoms with Crippen molar-refractivity contribution >= 4 is 0 Å². The molecule has 0 aliphatic carbocycles. The Morgan fingerprint density at radius 2 is 2.20 bits per heavy atom. The minimum absolute atomic E-state index is 0.0679. The molecule has 3 heteroatoms. The van der Waals surface area contributed by atoms with E-state index in [-0.39, 0.29) is 11.6 Å². The normalized spacial score (nSPS) is 31.2. The lowest BCUT2D eigenvalue weighted by Crippen LogP contribution is -2.57. The van der Waals surface area contributed by atoms with Crippen LogP contribution in [0.2, 0.25) is 0 Å². The molecule has 3 unspecified atom stereocenters. The zero-order chi connectivity index (χ0) is 11.3. The fourth-order valence-electron chi connectivity index (χ4n) is 2.77. The van der Waals surface area contributed by atoms with Gasteiger partial charge in [0.15, 0.2) is 0 Å². The highest BCUT2D eigenvalue weighted by molar-refractivity contribution is 4.93. The molecule has 0 radical (unpaired) electrons. The average molecular weight is 214 g/mol. The molecule has 3 N–H and O–H groups in total. The van der Waals surface area contributed by atoms with Crippen LogP contribution in [0.25, 0.3) is 0 Å². The molecule has 0 saturated carbocycles. The molecule has 0 aromatic carbocycles. The smallest absolute Gasteiger partial charge is 0.0822 e. The highest BCUT2D eigenvalue weighted by Crippen LogP contribution is 2.32. The Kier molecular flexibility index (Phi) is 5.03. The molecule has 15 heavy (non-hydrogen) atoms. The van der Waals surface area contributed by atoms with E-state index in [4.69, 9.17) is 10.6 Å². The largest absolute Gasteiger partial charge is 0.374 e. The van der Waals surface area contributed by atoms with Crippen LogP contribution in [-0.2, 0) is 4.74 Å². The standard InChI is InChI=1S/C12H26N2O/c1-4-7-10(2)11(14-13)12(3)8-5-6-9-15-12/h10-11,14H,4-9,13H2,1-3H3. The van der Waals surface area contributed by atoms with Crippen molar-refractivity contribution in [2.24, 2.45) is 11.8 Å². The van der Waals surface area contributed by atoms with E-state index in [1.54, 1.807) is 0 Å². The molecule has 0 aromatic heterocycles. The summed E-state index contributed by atoms with van der Waals surface area (Å²) in [5.74, 6) is 6.26. The first-order valence-corrected chi connectivity index (χ1v) is 6.24. The maximum atomic E-state index is 5.94. The van der Waals surface area contributed by atoms with E-state index in [2.05, 4.69) is 26.2 Å². The summed E-state index contributed by atoms with van der Waals surface area (Å²) in [6.45, 7) is 7.56. The third kappa shape index (κ3) is 3.16. The molecule has 1 rings (SSSR count). The van der Waals surface area contributed by atoms with Crippen LogP contribution in [0.3, 0.4) is 0 Å². The number of rotatable bonds is 5. The summed E-state index contributed by atoms with van der Waals surface area (Å²) >= 11 is 0. The summed E-state index contributed by atoms with van der Waals surface area (Å²) in [5.41, 5.74) is 2.90. The molecule has 0 bridgehead atoms. The first-order valence-electron chi connectivity index (χ1n) is 6.24. The minimum Gasteiger partial charge on any atom is -0.374 e. The van der Waals surface area contributed by atoms with Gasteiger partial charge in [-0.3, -0.25) is 11.3 Å². The van der Waals surface area contributed by atoms with E-state index in [1.807, 2.05) is 0 Å². The Hall–Kier alpha value is -0.120. The van der Waals surface area contributed by atoms with Crippen molar-refractivity contribution in [2.75, 3.05) is 6.61 Å². The molecule has 1 aliphatic heterocycles. The van der Waals surface area contributed by atoms with E-state index in [1.165, 1.54) is 25.7 Å². The SMILES string of the molecule is CCCC(C)C(NN)C1(C)CCCCO1. The van der Waals surface area contributed by atoms with Crippen molar-refractivity contribution in [3.8, 4) is 0 Å². The molecular weight excluding hydrogens is 188 g/mol. The second kappa shape index (κ2) is 5.83. The molecule has 0 amide bonds. The van der Waals surface area contributed by atoms with Gasteiger partial charge in [-0.25, -0.2) is 0 Å². The van der Waals surface area contributed by atoms with E-state index < -0.39 is 0 Å². The van der Waals surface area contributed by atoms with Gasteiger partial charge >= 0.3 is 0 Å². The maximum absolute atomic E-state index is 5.94. The monoisotopic (exact) mass is 214 g/mol. The minimum atomic E-state index is -0.0679. The van der Waals surface area contributed by atoms with Crippen LogP contribution < -0.4 is 11.3 Å². The van der Waals surface area contributed by atoms with Crippen molar-refractivity contribution in [1.29, 1.82) is 0 Å². The van der Waals surface area contributed by atoms with Gasteiger partial charge < -0.3 is 4.74 Å². The van der Waals surface area contributed by atoms with Gasteiger partial charge in [-0.15, -0.1) is 0 Å². The van der Waals surface area contributed by atoms with Crippen molar-refractivity contribution in [1.82, 2.24) is 5.43 Å². The fraction of sp³-hybridized carbons (Fsp3) is 1.00. The predicted molar refractivity (Wildman–Crippen MR) is 63.4 cm³/mol. The Labute approximate surface area is 93.7 Å². The molecule has 3 nitrogen and oxygen atoms in total. The van der Waals surface area contributed by atoms with Gasteiger partial charge in [-0.05, 0) is 38.5 Å². The molecule has 3 atom stereocenters. The molecule has 90 valence electrons. The van der Waals surface area contributed by atoms with Crippen LogP contribution in [0.15, 0.2) is 0 Å². The molecule has 1 aliphatic rings. The Morgan fingerprint density at radius 1 is 1.47 bits per heavy atom. The molecule has 1 saturated heterocycles. The van der Waals surface area contributed by atoms with Crippen LogP contribution in [0.5, 0.6) is 0 Å². The van der Waals surface area contributed by atoms with Gasteiger partial charge in [-0.2, -0.15) is 0 Å². The lowest BCUT2D eigenvalue weighted by atomic mass is 9.80. The van der Waals surface area contributed by atoms with Crippen LogP contribution >= 0.6 is 0 Å². The van der Waals surface area contributed by atoms with Crippen LogP contribution in [0.4, 0.5) is 0 Å². The molecular formula is C12H26N2O. The first-order chi connectivity index (χ1) is 7.14. The first kappa shape index (κ1) is 12.9. The third-order valence-corrected chi connectivity index (χ3v) is 3.65. The summed E-state index contributed by atoms with van der Waals surface area (Å²) in [6.07, 6.45) is 5.97. The van der Waals surface area contributed by atoms with Gasteiger partial charge in [-0.1, -0.05) is 20.3 Å². The summed E-state index contributed by atoms with van der Waals surface area (Å²) in [5, 5.41) is 0. The molecule has 1 fully saturated rings. The van der Waals surface area contributed by atoms with Crippen molar-refractivity contribution < 1.29 is 4.74 Å². The number of nitrogens with one attached hydrogen (secondary N) is 1. The number of hydrogen-bond donors (Lipinski definition) is 2. The van der Waals surface area contributed by atoms with Crippen LogP contribution in [-0.4, -0.2) is 18.2 Å². The average Bonchev–Trinajstić information content (AvgIpc) is 2.19. The molecule has 0 spiro atoms. The van der Waals surface area contributed by atoms with E-state index in [9.17, 15) is 0 Å². The predicted octanol–water partition coefficient (Wildman–Crippen LogP) is 2.21. The van der Waals surface area contributed by atoms with Crippen LogP contribution in [0, 0.1) is 5.92 Å². The van der Waals surface area contributed by atoms with Gasteiger partial charge in [0.1, 0.15) is 0 Å². The summed E-state index contributed by atoms with van der Waals surface area (Å²) in [6, 6.07) is 0.276. The maximum Gasteiger partial charge on any atom is 0.0822 e. The third-order valence-electron chi connectivity index (χ3n) is 3.65. The van der Waals surface area contributed by atoms with Gasteiger partial charge in [0.05, 0.1) is 11.6 Å². The molecule has 0 aromatic rings. The lowest BCUT2D eigenvalue weighted by molar-refractivity contribution is -0.0996. The number of nitrogens with two attached hydrogens (primary N) is 1. The quantitative estimate of drug-likeness (QED) is 0.545. The van der Waals surface area contributed by atoms with Crippen LogP contribution in [0.1, 0.15) is 52.9 Å². The number of hydrazine groups is 1. The van der Waals surface area contributed by atoms with Crippen molar-refractivity contribution in [3.05, 3.63) is 0 Å². The summed E-state index contributed by atoms with van der Waals surface area (Å²) < 4.78 is 5.94. The summed E-state index contributed by atoms with van der Waals surface area (Å²) in [4.78, 5) is 0. The molecule has 1 heterocycles. The summed E-state index contributed by atoms with van der Waals surface area (Å²) in [7, 11) is 0. The van der Waals surface area contributed by atoms with E-state index in [0.717, 1.165) is 13.0 Å². The van der Waals surface area contributed by atoms with Crippen molar-refractivity contribution in [2.45, 2.75) is 64.5 Å². The zero-order valence-corrected chi connectivity index (χ0v) is 10.4. The van der Waals surface area contributed by atoms with Gasteiger partial charge in [0.25, 0.3) is 0 Å². The van der Waals surface area contributed by atoms with Crippen molar-refractivity contribution in [3.63, 3.8) is 0 Å². The second-order valence-electron chi connectivity index (χ2n) is 5.03. The number of hydrogen-bond acceptors (Lipinski definition) is 3. The highest BCUT2D eigenvalue weighted by atomic mass is 16.5. The Balaban J connectivity index is 2.62. The zero-order valence-electron chi connectivity index (χ0n) is 10.4. The highest BCUT2D eigenvalue weighted by Gasteiger charge is 2.38. The number of ether oxygens (including phenoxy) is 1. The van der Waals surface area contributed by atoms with Gasteiger partial charge in [0.2, 0.25) is 0 Å². The van der Waals surface area contributed by atoms with E-state index >= 15 is 0 Å². The van der Waals surface area contributed by atoms with E-state index in [0.29, 0.717) is 5.92 Å². The second-order valence-corrected chi connectivity index (χ2v) is 5.03. The Morgan fingerprint density at radius 3 is 2.67 bits per heavy atom. The van der Waals surface area contributed by atoms with Gasteiger partial charge in [0, 0.05) is 6.61 Å². The topological polar surface area (TPSA) is 47.3 Å². The Bertz CT molecular complexity index is 178. The lowest BCUT2D eigenvalue weighted by Gasteiger charge is -2.43.